The van der Waals surface area contributed by atoms with Crippen LogP contribution in [0, 0.1) is 0 Å². The Kier molecular flexibility index (Phi) is 5.83. The summed E-state index contributed by atoms with van der Waals surface area (Å²) >= 11 is 0. The zero-order valence-electron chi connectivity index (χ0n) is 11.9. The number of nitrogens with one attached hydrogen (secondary N) is 1. The molecular weight excluding hydrogens is 236 g/mol. The van der Waals surface area contributed by atoms with Crippen molar-refractivity contribution in [3.8, 4) is 0 Å². The van der Waals surface area contributed by atoms with E-state index in [4.69, 9.17) is 5.11 Å². The Bertz CT molecular complexity index is 355. The molecule has 0 aliphatic carbocycles. The molecule has 106 valence electrons. The fraction of sp³-hybridized carbons (Fsp3) is 0.625. The van der Waals surface area contributed by atoms with Gasteiger partial charge in [0, 0.05) is 38.3 Å². The van der Waals surface area contributed by atoms with E-state index >= 15 is 0 Å². The number of hydrogen-bond acceptors (Lipinski definition) is 3. The maximum Gasteiger partial charge on any atom is 0.0431 e. The van der Waals surface area contributed by atoms with Crippen LogP contribution in [0.4, 0.5) is 0 Å². The Balaban J connectivity index is 1.71. The van der Waals surface area contributed by atoms with Gasteiger partial charge in [-0.3, -0.25) is 4.90 Å². The van der Waals surface area contributed by atoms with Gasteiger partial charge in [0.15, 0.2) is 0 Å². The fourth-order valence-corrected chi connectivity index (χ4v) is 2.84. The minimum Gasteiger partial charge on any atom is -0.396 e. The molecule has 0 saturated carbocycles. The summed E-state index contributed by atoms with van der Waals surface area (Å²) in [6.45, 7) is 5.90. The van der Waals surface area contributed by atoms with Crippen molar-refractivity contribution in [1.82, 2.24) is 10.2 Å². The first-order valence-electron chi connectivity index (χ1n) is 7.41. The maximum atomic E-state index is 8.85. The van der Waals surface area contributed by atoms with Crippen LogP contribution >= 0.6 is 0 Å². The molecule has 3 heteroatoms. The van der Waals surface area contributed by atoms with Gasteiger partial charge in [-0.1, -0.05) is 30.3 Å². The first-order chi connectivity index (χ1) is 9.28. The number of aliphatic hydroxyl groups excluding tert-OH is 1. The van der Waals surface area contributed by atoms with Crippen LogP contribution in [0.1, 0.15) is 31.7 Å². The van der Waals surface area contributed by atoms with Crippen molar-refractivity contribution >= 4 is 0 Å². The average molecular weight is 262 g/mol. The Hall–Kier alpha value is -0.900. The monoisotopic (exact) mass is 262 g/mol. The lowest BCUT2D eigenvalue weighted by atomic mass is 10.1. The molecule has 0 aromatic heterocycles. The van der Waals surface area contributed by atoms with Gasteiger partial charge in [-0.25, -0.2) is 0 Å². The van der Waals surface area contributed by atoms with Gasteiger partial charge in [0.1, 0.15) is 0 Å². The third-order valence-electron chi connectivity index (χ3n) is 3.84. The van der Waals surface area contributed by atoms with E-state index in [9.17, 15) is 0 Å². The first-order valence-corrected chi connectivity index (χ1v) is 7.41. The van der Waals surface area contributed by atoms with Crippen molar-refractivity contribution < 1.29 is 5.11 Å². The molecule has 1 heterocycles. The van der Waals surface area contributed by atoms with E-state index in [1.165, 1.54) is 18.5 Å². The molecule has 2 unspecified atom stereocenters. The number of likely N-dealkylation sites (tertiary alicyclic amines) is 1. The summed E-state index contributed by atoms with van der Waals surface area (Å²) in [7, 11) is 0. The van der Waals surface area contributed by atoms with Crippen LogP contribution in [-0.2, 0) is 6.54 Å². The van der Waals surface area contributed by atoms with Crippen LogP contribution in [0.2, 0.25) is 0 Å². The molecule has 1 aromatic rings. The van der Waals surface area contributed by atoms with Gasteiger partial charge < -0.3 is 10.4 Å². The molecule has 1 aliphatic rings. The molecule has 0 bridgehead atoms. The van der Waals surface area contributed by atoms with E-state index in [0.29, 0.717) is 18.7 Å². The lowest BCUT2D eigenvalue weighted by Gasteiger charge is -2.20. The van der Waals surface area contributed by atoms with Crippen molar-refractivity contribution in [3.63, 3.8) is 0 Å². The van der Waals surface area contributed by atoms with E-state index in [1.54, 1.807) is 0 Å². The Labute approximate surface area is 116 Å². The van der Waals surface area contributed by atoms with Crippen LogP contribution < -0.4 is 5.32 Å². The number of benzene rings is 1. The van der Waals surface area contributed by atoms with Gasteiger partial charge >= 0.3 is 0 Å². The highest BCUT2D eigenvalue weighted by Crippen LogP contribution is 2.14. The molecule has 1 saturated heterocycles. The number of rotatable bonds is 7. The summed E-state index contributed by atoms with van der Waals surface area (Å²) in [4.78, 5) is 2.52. The third kappa shape index (κ3) is 4.94. The highest BCUT2D eigenvalue weighted by molar-refractivity contribution is 5.14. The standard InChI is InChI=1S/C16H26N2O/c1-14(6-5-11-19)17-16-9-10-18(13-16)12-15-7-3-2-4-8-15/h2-4,7-8,14,16-17,19H,5-6,9-13H2,1H3. The Morgan fingerprint density at radius 2 is 2.16 bits per heavy atom. The number of nitrogens with zero attached hydrogens (tertiary/aromatic N) is 1. The third-order valence-corrected chi connectivity index (χ3v) is 3.84. The fourth-order valence-electron chi connectivity index (χ4n) is 2.84. The quantitative estimate of drug-likeness (QED) is 0.789. The smallest absolute Gasteiger partial charge is 0.0431 e. The first kappa shape index (κ1) is 14.5. The van der Waals surface area contributed by atoms with Crippen molar-refractivity contribution in [2.24, 2.45) is 0 Å². The van der Waals surface area contributed by atoms with Crippen LogP contribution in [0.15, 0.2) is 30.3 Å². The molecule has 0 amide bonds. The molecule has 19 heavy (non-hydrogen) atoms. The average Bonchev–Trinajstić information content (AvgIpc) is 2.85. The lowest BCUT2D eigenvalue weighted by Crippen LogP contribution is -2.38. The van der Waals surface area contributed by atoms with E-state index < -0.39 is 0 Å². The minimum atomic E-state index is 0.302. The van der Waals surface area contributed by atoms with E-state index in [0.717, 1.165) is 25.9 Å². The minimum absolute atomic E-state index is 0.302. The Morgan fingerprint density at radius 3 is 2.89 bits per heavy atom. The molecule has 1 fully saturated rings. The van der Waals surface area contributed by atoms with Crippen LogP contribution in [0.3, 0.4) is 0 Å². The normalized spacial score (nSPS) is 21.7. The van der Waals surface area contributed by atoms with Gasteiger partial charge in [0.2, 0.25) is 0 Å². The Morgan fingerprint density at radius 1 is 1.37 bits per heavy atom. The summed E-state index contributed by atoms with van der Waals surface area (Å²) in [5, 5.41) is 12.5. The molecule has 2 atom stereocenters. The summed E-state index contributed by atoms with van der Waals surface area (Å²) < 4.78 is 0. The summed E-state index contributed by atoms with van der Waals surface area (Å²) in [6, 6.07) is 11.8. The van der Waals surface area contributed by atoms with Crippen LogP contribution in [0.5, 0.6) is 0 Å². The van der Waals surface area contributed by atoms with Gasteiger partial charge in [0.25, 0.3) is 0 Å². The van der Waals surface area contributed by atoms with Gasteiger partial charge in [-0.2, -0.15) is 0 Å². The number of aliphatic hydroxyl groups is 1. The zero-order chi connectivity index (χ0) is 13.5. The highest BCUT2D eigenvalue weighted by atomic mass is 16.2. The molecule has 0 radical (unpaired) electrons. The molecule has 1 aromatic carbocycles. The predicted molar refractivity (Wildman–Crippen MR) is 79.0 cm³/mol. The molecule has 3 nitrogen and oxygen atoms in total. The second kappa shape index (κ2) is 7.63. The lowest BCUT2D eigenvalue weighted by molar-refractivity contribution is 0.271. The van der Waals surface area contributed by atoms with Crippen molar-refractivity contribution in [2.45, 2.75) is 44.8 Å². The van der Waals surface area contributed by atoms with Gasteiger partial charge in [-0.15, -0.1) is 0 Å². The second-order valence-corrected chi connectivity index (χ2v) is 5.64. The SMILES string of the molecule is CC(CCCO)NC1CCN(Cc2ccccc2)C1. The van der Waals surface area contributed by atoms with Crippen molar-refractivity contribution in [2.75, 3.05) is 19.7 Å². The topological polar surface area (TPSA) is 35.5 Å². The van der Waals surface area contributed by atoms with Crippen molar-refractivity contribution in [1.29, 1.82) is 0 Å². The van der Waals surface area contributed by atoms with Gasteiger partial charge in [-0.05, 0) is 31.7 Å². The summed E-state index contributed by atoms with van der Waals surface area (Å²) in [5.41, 5.74) is 1.40. The molecule has 0 spiro atoms. The molecule has 2 N–H and O–H groups in total. The zero-order valence-corrected chi connectivity index (χ0v) is 11.9. The number of hydrogen-bond donors (Lipinski definition) is 2. The highest BCUT2D eigenvalue weighted by Gasteiger charge is 2.23. The van der Waals surface area contributed by atoms with Crippen LogP contribution in [-0.4, -0.2) is 41.8 Å². The summed E-state index contributed by atoms with van der Waals surface area (Å²) in [6.07, 6.45) is 3.19. The summed E-state index contributed by atoms with van der Waals surface area (Å²) in [5.74, 6) is 0. The molecular formula is C16H26N2O. The van der Waals surface area contributed by atoms with Crippen molar-refractivity contribution in [3.05, 3.63) is 35.9 Å². The van der Waals surface area contributed by atoms with E-state index in [2.05, 4.69) is 47.5 Å². The molecule has 2 rings (SSSR count). The van der Waals surface area contributed by atoms with E-state index in [-0.39, 0.29) is 0 Å². The van der Waals surface area contributed by atoms with Crippen LogP contribution in [0.25, 0.3) is 0 Å². The largest absolute Gasteiger partial charge is 0.396 e. The van der Waals surface area contributed by atoms with Gasteiger partial charge in [0.05, 0.1) is 0 Å². The van der Waals surface area contributed by atoms with E-state index in [1.807, 2.05) is 0 Å². The predicted octanol–water partition coefficient (Wildman–Crippen LogP) is 2.01. The maximum absolute atomic E-state index is 8.85. The second-order valence-electron chi connectivity index (χ2n) is 5.64. The molecule has 1 aliphatic heterocycles.